The van der Waals surface area contributed by atoms with Crippen LogP contribution in [0.3, 0.4) is 0 Å². The van der Waals surface area contributed by atoms with Crippen LogP contribution in [-0.4, -0.2) is 17.9 Å². The van der Waals surface area contributed by atoms with Crippen molar-refractivity contribution >= 4 is 11.8 Å². The summed E-state index contributed by atoms with van der Waals surface area (Å²) in [7, 11) is 0. The molecule has 2 amide bonds. The number of carbonyl (C=O) groups is 2. The highest BCUT2D eigenvalue weighted by Crippen LogP contribution is 2.28. The minimum atomic E-state index is -0.965. The standard InChI is InChI=1S/C22H19FN2O2/c23-18-13-11-17(12-14-18)22(27)25-20(21(24)26)19(15-7-3-1-4-8-15)16-9-5-2-6-10-16/h1-14,19-20H,(H2,24,26)(H,25,27)/t20-/m1/s1. The third-order valence-corrected chi connectivity index (χ3v) is 4.35. The fourth-order valence-corrected chi connectivity index (χ4v) is 3.04. The molecule has 3 aromatic rings. The lowest BCUT2D eigenvalue weighted by atomic mass is 9.84. The summed E-state index contributed by atoms with van der Waals surface area (Å²) in [4.78, 5) is 24.9. The van der Waals surface area contributed by atoms with E-state index < -0.39 is 29.6 Å². The van der Waals surface area contributed by atoms with Gasteiger partial charge in [-0.15, -0.1) is 0 Å². The highest BCUT2D eigenvalue weighted by atomic mass is 19.1. The summed E-state index contributed by atoms with van der Waals surface area (Å²) in [5, 5.41) is 2.71. The van der Waals surface area contributed by atoms with Gasteiger partial charge in [0.1, 0.15) is 11.9 Å². The Morgan fingerprint density at radius 1 is 0.778 bits per heavy atom. The summed E-state index contributed by atoms with van der Waals surface area (Å²) in [5.41, 5.74) is 7.61. The van der Waals surface area contributed by atoms with Gasteiger partial charge in [-0.1, -0.05) is 60.7 Å². The van der Waals surface area contributed by atoms with Crippen LogP contribution < -0.4 is 11.1 Å². The van der Waals surface area contributed by atoms with E-state index in [1.165, 1.54) is 24.3 Å². The van der Waals surface area contributed by atoms with Gasteiger partial charge in [0.15, 0.2) is 0 Å². The van der Waals surface area contributed by atoms with Crippen LogP contribution in [0.5, 0.6) is 0 Å². The normalized spacial score (nSPS) is 11.8. The molecule has 0 saturated carbocycles. The van der Waals surface area contributed by atoms with Gasteiger partial charge in [0.2, 0.25) is 5.91 Å². The van der Waals surface area contributed by atoms with Crippen molar-refractivity contribution in [3.05, 3.63) is 107 Å². The van der Waals surface area contributed by atoms with E-state index >= 15 is 0 Å². The lowest BCUT2D eigenvalue weighted by molar-refractivity contribution is -0.120. The molecule has 3 aromatic carbocycles. The molecule has 1 atom stereocenters. The zero-order valence-electron chi connectivity index (χ0n) is 14.5. The Kier molecular flexibility index (Phi) is 5.61. The highest BCUT2D eigenvalue weighted by molar-refractivity contribution is 5.97. The van der Waals surface area contributed by atoms with Gasteiger partial charge in [-0.2, -0.15) is 0 Å². The minimum Gasteiger partial charge on any atom is -0.368 e. The molecule has 0 unspecified atom stereocenters. The lowest BCUT2D eigenvalue weighted by Gasteiger charge is -2.27. The number of primary amides is 1. The van der Waals surface area contributed by atoms with Gasteiger partial charge in [0.05, 0.1) is 0 Å². The second-order valence-electron chi connectivity index (χ2n) is 6.16. The van der Waals surface area contributed by atoms with Crippen molar-refractivity contribution in [2.45, 2.75) is 12.0 Å². The number of nitrogens with two attached hydrogens (primary N) is 1. The average Bonchev–Trinajstić information content (AvgIpc) is 2.69. The first-order valence-electron chi connectivity index (χ1n) is 8.52. The quantitative estimate of drug-likeness (QED) is 0.707. The zero-order valence-corrected chi connectivity index (χ0v) is 14.5. The summed E-state index contributed by atoms with van der Waals surface area (Å²) >= 11 is 0. The maximum Gasteiger partial charge on any atom is 0.251 e. The minimum absolute atomic E-state index is 0.252. The molecular weight excluding hydrogens is 343 g/mol. The first-order chi connectivity index (χ1) is 13.1. The van der Waals surface area contributed by atoms with E-state index in [9.17, 15) is 14.0 Å². The Morgan fingerprint density at radius 3 is 1.70 bits per heavy atom. The van der Waals surface area contributed by atoms with Crippen molar-refractivity contribution < 1.29 is 14.0 Å². The van der Waals surface area contributed by atoms with E-state index in [1.807, 2.05) is 60.7 Å². The van der Waals surface area contributed by atoms with Crippen LogP contribution in [0, 0.1) is 5.82 Å². The smallest absolute Gasteiger partial charge is 0.251 e. The maximum absolute atomic E-state index is 13.1. The second-order valence-corrected chi connectivity index (χ2v) is 6.16. The fraction of sp³-hybridized carbons (Fsp3) is 0.0909. The van der Waals surface area contributed by atoms with Crippen LogP contribution in [0.25, 0.3) is 0 Å². The van der Waals surface area contributed by atoms with Crippen LogP contribution in [0.2, 0.25) is 0 Å². The molecule has 5 heteroatoms. The van der Waals surface area contributed by atoms with E-state index in [-0.39, 0.29) is 5.56 Å². The largest absolute Gasteiger partial charge is 0.368 e. The molecule has 0 saturated heterocycles. The van der Waals surface area contributed by atoms with Crippen LogP contribution in [0.4, 0.5) is 4.39 Å². The van der Waals surface area contributed by atoms with Gasteiger partial charge in [0, 0.05) is 11.5 Å². The molecular formula is C22H19FN2O2. The molecule has 0 aliphatic heterocycles. The number of halogens is 1. The molecule has 0 fully saturated rings. The van der Waals surface area contributed by atoms with Crippen LogP contribution in [0.1, 0.15) is 27.4 Å². The number of amides is 2. The van der Waals surface area contributed by atoms with Gasteiger partial charge in [-0.3, -0.25) is 9.59 Å². The van der Waals surface area contributed by atoms with E-state index in [0.29, 0.717) is 0 Å². The third kappa shape index (κ3) is 4.39. The molecule has 4 nitrogen and oxygen atoms in total. The van der Waals surface area contributed by atoms with Crippen LogP contribution in [0.15, 0.2) is 84.9 Å². The number of rotatable bonds is 6. The summed E-state index contributed by atoms with van der Waals surface area (Å²) in [6, 6.07) is 22.9. The number of benzene rings is 3. The van der Waals surface area contributed by atoms with Crippen molar-refractivity contribution in [2.24, 2.45) is 5.73 Å². The number of nitrogens with one attached hydrogen (secondary N) is 1. The summed E-state index contributed by atoms with van der Waals surface area (Å²) < 4.78 is 13.1. The Hall–Kier alpha value is -3.47. The summed E-state index contributed by atoms with van der Waals surface area (Å²) in [5.74, 6) is -2.03. The zero-order chi connectivity index (χ0) is 19.2. The van der Waals surface area contributed by atoms with Gasteiger partial charge >= 0.3 is 0 Å². The average molecular weight is 362 g/mol. The molecule has 0 bridgehead atoms. The van der Waals surface area contributed by atoms with Crippen LogP contribution in [-0.2, 0) is 4.79 Å². The maximum atomic E-state index is 13.1. The molecule has 0 aliphatic carbocycles. The van der Waals surface area contributed by atoms with Gasteiger partial charge < -0.3 is 11.1 Å². The number of carbonyl (C=O) groups excluding carboxylic acids is 2. The number of hydrogen-bond donors (Lipinski definition) is 2. The first-order valence-corrected chi connectivity index (χ1v) is 8.52. The van der Waals surface area contributed by atoms with E-state index in [1.54, 1.807) is 0 Å². The van der Waals surface area contributed by atoms with Crippen molar-refractivity contribution in [1.82, 2.24) is 5.32 Å². The Balaban J connectivity index is 1.97. The molecule has 3 N–H and O–H groups in total. The van der Waals surface area contributed by atoms with Gasteiger partial charge in [0.25, 0.3) is 5.91 Å². The molecule has 0 aromatic heterocycles. The SMILES string of the molecule is NC(=O)[C@H](NC(=O)c1ccc(F)cc1)C(c1ccccc1)c1ccccc1. The van der Waals surface area contributed by atoms with Gasteiger partial charge in [-0.05, 0) is 35.4 Å². The lowest BCUT2D eigenvalue weighted by Crippen LogP contribution is -2.48. The molecule has 136 valence electrons. The Labute approximate surface area is 156 Å². The van der Waals surface area contributed by atoms with Crippen molar-refractivity contribution in [3.63, 3.8) is 0 Å². The summed E-state index contributed by atoms with van der Waals surface area (Å²) in [6.45, 7) is 0. The van der Waals surface area contributed by atoms with Crippen molar-refractivity contribution in [2.75, 3.05) is 0 Å². The highest BCUT2D eigenvalue weighted by Gasteiger charge is 2.31. The third-order valence-electron chi connectivity index (χ3n) is 4.35. The van der Waals surface area contributed by atoms with Crippen molar-refractivity contribution in [3.8, 4) is 0 Å². The molecule has 0 heterocycles. The second kappa shape index (κ2) is 8.27. The fourth-order valence-electron chi connectivity index (χ4n) is 3.04. The van der Waals surface area contributed by atoms with E-state index in [0.717, 1.165) is 11.1 Å². The molecule has 0 aliphatic rings. The van der Waals surface area contributed by atoms with Gasteiger partial charge in [-0.25, -0.2) is 4.39 Å². The molecule has 0 radical (unpaired) electrons. The predicted molar refractivity (Wildman–Crippen MR) is 102 cm³/mol. The molecule has 3 rings (SSSR count). The molecule has 0 spiro atoms. The van der Waals surface area contributed by atoms with E-state index in [4.69, 9.17) is 5.73 Å². The number of hydrogen-bond acceptors (Lipinski definition) is 2. The van der Waals surface area contributed by atoms with Crippen molar-refractivity contribution in [1.29, 1.82) is 0 Å². The van der Waals surface area contributed by atoms with Crippen LogP contribution >= 0.6 is 0 Å². The van der Waals surface area contributed by atoms with E-state index in [2.05, 4.69) is 5.32 Å². The topological polar surface area (TPSA) is 72.2 Å². The Bertz CT molecular complexity index is 873. The Morgan fingerprint density at radius 2 is 1.26 bits per heavy atom. The predicted octanol–water partition coefficient (Wildman–Crippen LogP) is 3.24. The molecule has 27 heavy (non-hydrogen) atoms. The first kappa shape index (κ1) is 18.3. The monoisotopic (exact) mass is 362 g/mol. The summed E-state index contributed by atoms with van der Waals surface area (Å²) in [6.07, 6.45) is 0.